The largest absolute Gasteiger partial charge is 0.364 e. The van der Waals surface area contributed by atoms with Crippen molar-refractivity contribution in [2.45, 2.75) is 13.3 Å². The summed E-state index contributed by atoms with van der Waals surface area (Å²) in [5, 5.41) is 19.8. The van der Waals surface area contributed by atoms with Gasteiger partial charge in [0.1, 0.15) is 5.69 Å². The minimum atomic E-state index is -0.462. The van der Waals surface area contributed by atoms with E-state index in [1.54, 1.807) is 17.0 Å². The van der Waals surface area contributed by atoms with Gasteiger partial charge in [0.25, 0.3) is 5.69 Å². The Morgan fingerprint density at radius 2 is 2.29 bits per heavy atom. The molecule has 0 bridgehead atoms. The predicted molar refractivity (Wildman–Crippen MR) is 66.2 cm³/mol. The zero-order valence-electron chi connectivity index (χ0n) is 9.39. The van der Waals surface area contributed by atoms with E-state index < -0.39 is 4.92 Å². The maximum Gasteiger partial charge on any atom is 0.294 e. The third-order valence-electron chi connectivity index (χ3n) is 2.35. The molecule has 17 heavy (non-hydrogen) atoms. The van der Waals surface area contributed by atoms with Gasteiger partial charge in [-0.3, -0.25) is 10.1 Å². The summed E-state index contributed by atoms with van der Waals surface area (Å²) < 4.78 is 0. The number of halogens is 1. The minimum absolute atomic E-state index is 0.0303. The summed E-state index contributed by atoms with van der Waals surface area (Å²) in [7, 11) is 0. The number of nitro groups is 1. The second kappa shape index (κ2) is 6.06. The maximum absolute atomic E-state index is 10.9. The van der Waals surface area contributed by atoms with Crippen LogP contribution in [0.5, 0.6) is 0 Å². The van der Waals surface area contributed by atoms with E-state index in [2.05, 4.69) is 0 Å². The number of nitrogens with zero attached hydrogens (tertiary/aromatic N) is 3. The van der Waals surface area contributed by atoms with Crippen LogP contribution in [0.3, 0.4) is 0 Å². The van der Waals surface area contributed by atoms with Crippen molar-refractivity contribution in [3.8, 4) is 6.07 Å². The van der Waals surface area contributed by atoms with Crippen molar-refractivity contribution >= 4 is 23.0 Å². The fraction of sp³-hybridized carbons (Fsp3) is 0.364. The molecule has 0 heterocycles. The van der Waals surface area contributed by atoms with Crippen LogP contribution in [0, 0.1) is 21.4 Å². The molecule has 0 aliphatic rings. The minimum Gasteiger partial charge on any atom is -0.364 e. The van der Waals surface area contributed by atoms with Crippen LogP contribution in [-0.2, 0) is 0 Å². The van der Waals surface area contributed by atoms with Crippen molar-refractivity contribution in [1.82, 2.24) is 0 Å². The summed E-state index contributed by atoms with van der Waals surface area (Å²) in [4.78, 5) is 12.2. The Hall–Kier alpha value is -1.80. The molecule has 0 unspecified atom stereocenters. The molecular formula is C11H12ClN3O2. The highest BCUT2D eigenvalue weighted by Gasteiger charge is 2.21. The number of para-hydroxylation sites is 1. The first kappa shape index (κ1) is 13.3. The molecule has 5 nitrogen and oxygen atoms in total. The lowest BCUT2D eigenvalue weighted by atomic mass is 10.2. The fourth-order valence-corrected chi connectivity index (χ4v) is 1.87. The van der Waals surface area contributed by atoms with Gasteiger partial charge in [-0.05, 0) is 13.0 Å². The molecule has 0 saturated heterocycles. The van der Waals surface area contributed by atoms with Crippen LogP contribution in [0.2, 0.25) is 5.02 Å². The van der Waals surface area contributed by atoms with Gasteiger partial charge in [-0.1, -0.05) is 17.7 Å². The van der Waals surface area contributed by atoms with Crippen molar-refractivity contribution in [2.75, 3.05) is 18.0 Å². The quantitative estimate of drug-likeness (QED) is 0.597. The second-order valence-corrected chi connectivity index (χ2v) is 3.76. The second-order valence-electron chi connectivity index (χ2n) is 3.35. The molecule has 0 atom stereocenters. The standard InChI is InChI=1S/C11H12ClN3O2/c1-2-14(8-4-7-13)11-9(12)5-3-6-10(11)15(16)17/h3,5-6H,2,4,8H2,1H3. The molecule has 1 rings (SSSR count). The zero-order chi connectivity index (χ0) is 12.8. The van der Waals surface area contributed by atoms with Crippen LogP contribution in [0.15, 0.2) is 18.2 Å². The van der Waals surface area contributed by atoms with Crippen LogP contribution < -0.4 is 4.90 Å². The molecule has 1 aromatic rings. The van der Waals surface area contributed by atoms with Gasteiger partial charge < -0.3 is 4.90 Å². The van der Waals surface area contributed by atoms with Gasteiger partial charge in [0.15, 0.2) is 0 Å². The SMILES string of the molecule is CCN(CCC#N)c1c(Cl)cccc1[N+](=O)[O-]. The Kier molecular flexibility index (Phi) is 4.73. The summed E-state index contributed by atoms with van der Waals surface area (Å²) in [6, 6.07) is 6.58. The summed E-state index contributed by atoms with van der Waals surface area (Å²) in [5.41, 5.74) is 0.356. The van der Waals surface area contributed by atoms with Crippen LogP contribution in [0.25, 0.3) is 0 Å². The fourth-order valence-electron chi connectivity index (χ4n) is 1.58. The van der Waals surface area contributed by atoms with E-state index in [0.717, 1.165) is 0 Å². The molecule has 90 valence electrons. The highest BCUT2D eigenvalue weighted by atomic mass is 35.5. The van der Waals surface area contributed by atoms with E-state index >= 15 is 0 Å². The van der Waals surface area contributed by atoms with E-state index in [1.807, 2.05) is 13.0 Å². The monoisotopic (exact) mass is 253 g/mol. The lowest BCUT2D eigenvalue weighted by Gasteiger charge is -2.22. The predicted octanol–water partition coefficient (Wildman–Crippen LogP) is 2.99. The first-order valence-electron chi connectivity index (χ1n) is 5.16. The first-order chi connectivity index (χ1) is 8.11. The van der Waals surface area contributed by atoms with Crippen molar-refractivity contribution < 1.29 is 4.92 Å². The van der Waals surface area contributed by atoms with Crippen molar-refractivity contribution in [3.05, 3.63) is 33.3 Å². The summed E-state index contributed by atoms with van der Waals surface area (Å²) in [6.45, 7) is 2.86. The van der Waals surface area contributed by atoms with Crippen LogP contribution in [0.4, 0.5) is 11.4 Å². The first-order valence-corrected chi connectivity index (χ1v) is 5.54. The molecule has 0 aliphatic carbocycles. The number of nitro benzene ring substituents is 1. The van der Waals surface area contributed by atoms with E-state index in [9.17, 15) is 10.1 Å². The molecule has 1 aromatic carbocycles. The molecule has 0 amide bonds. The van der Waals surface area contributed by atoms with Gasteiger partial charge >= 0.3 is 0 Å². The summed E-state index contributed by atoms with van der Waals surface area (Å²) in [6.07, 6.45) is 0.302. The van der Waals surface area contributed by atoms with Crippen LogP contribution >= 0.6 is 11.6 Å². The average Bonchev–Trinajstić information content (AvgIpc) is 2.31. The molecule has 0 N–H and O–H groups in total. The Balaban J connectivity index is 3.17. The lowest BCUT2D eigenvalue weighted by Crippen LogP contribution is -2.24. The van der Waals surface area contributed by atoms with E-state index in [0.29, 0.717) is 30.2 Å². The van der Waals surface area contributed by atoms with Crippen molar-refractivity contribution in [1.29, 1.82) is 5.26 Å². The van der Waals surface area contributed by atoms with Gasteiger partial charge in [-0.15, -0.1) is 0 Å². The molecule has 0 radical (unpaired) electrons. The Bertz CT molecular complexity index is 457. The topological polar surface area (TPSA) is 70.2 Å². The highest BCUT2D eigenvalue weighted by Crippen LogP contribution is 2.35. The third-order valence-corrected chi connectivity index (χ3v) is 2.66. The van der Waals surface area contributed by atoms with Crippen LogP contribution in [0.1, 0.15) is 13.3 Å². The molecule has 0 saturated carbocycles. The molecule has 0 aromatic heterocycles. The average molecular weight is 254 g/mol. The van der Waals surface area contributed by atoms with E-state index in [1.165, 1.54) is 6.07 Å². The van der Waals surface area contributed by atoms with Crippen molar-refractivity contribution in [2.24, 2.45) is 0 Å². The Labute approximate surface area is 104 Å². The highest BCUT2D eigenvalue weighted by molar-refractivity contribution is 6.33. The third kappa shape index (κ3) is 3.08. The normalized spacial score (nSPS) is 9.71. The van der Waals surface area contributed by atoms with Gasteiger partial charge in [-0.25, -0.2) is 0 Å². The molecule has 0 spiro atoms. The van der Waals surface area contributed by atoms with Crippen molar-refractivity contribution in [3.63, 3.8) is 0 Å². The van der Waals surface area contributed by atoms with Gasteiger partial charge in [-0.2, -0.15) is 5.26 Å². The number of nitriles is 1. The van der Waals surface area contributed by atoms with Gasteiger partial charge in [0.2, 0.25) is 0 Å². The smallest absolute Gasteiger partial charge is 0.294 e. The molecule has 6 heteroatoms. The molecule has 0 fully saturated rings. The lowest BCUT2D eigenvalue weighted by molar-refractivity contribution is -0.384. The maximum atomic E-state index is 10.9. The summed E-state index contributed by atoms with van der Waals surface area (Å²) in [5.74, 6) is 0. The number of hydrogen-bond donors (Lipinski definition) is 0. The molecule has 0 aliphatic heterocycles. The Morgan fingerprint density at radius 3 is 2.82 bits per heavy atom. The number of anilines is 1. The van der Waals surface area contributed by atoms with Gasteiger partial charge in [0, 0.05) is 19.2 Å². The number of hydrogen-bond acceptors (Lipinski definition) is 4. The van der Waals surface area contributed by atoms with E-state index in [-0.39, 0.29) is 5.69 Å². The van der Waals surface area contributed by atoms with E-state index in [4.69, 9.17) is 16.9 Å². The zero-order valence-corrected chi connectivity index (χ0v) is 10.1. The molecular weight excluding hydrogens is 242 g/mol. The summed E-state index contributed by atoms with van der Waals surface area (Å²) >= 11 is 6.00. The Morgan fingerprint density at radius 1 is 1.59 bits per heavy atom. The number of rotatable bonds is 5. The van der Waals surface area contributed by atoms with Gasteiger partial charge in [0.05, 0.1) is 22.4 Å². The number of benzene rings is 1. The van der Waals surface area contributed by atoms with Crippen LogP contribution in [-0.4, -0.2) is 18.0 Å².